The molecule has 3 amide bonds. The summed E-state index contributed by atoms with van der Waals surface area (Å²) in [5.41, 5.74) is 0.813. The third-order valence-corrected chi connectivity index (χ3v) is 2.26. The summed E-state index contributed by atoms with van der Waals surface area (Å²) < 4.78 is 0. The molecule has 0 saturated carbocycles. The lowest BCUT2D eigenvalue weighted by Crippen LogP contribution is -2.30. The van der Waals surface area contributed by atoms with E-state index in [-0.39, 0.29) is 5.91 Å². The van der Waals surface area contributed by atoms with Gasteiger partial charge in [0.2, 0.25) is 5.91 Å². The molecule has 0 saturated heterocycles. The van der Waals surface area contributed by atoms with Crippen LogP contribution < -0.4 is 10.2 Å². The minimum Gasteiger partial charge on any atom is -0.325 e. The molecule has 1 N–H and O–H groups in total. The molecule has 17 heavy (non-hydrogen) atoms. The smallest absolute Gasteiger partial charge is 0.258 e. The minimum atomic E-state index is -0.409. The highest BCUT2D eigenvalue weighted by Crippen LogP contribution is 2.27. The molecule has 1 heterocycles. The number of nitrogens with zero attached hydrogens (tertiary/aromatic N) is 1. The maximum absolute atomic E-state index is 11.5. The predicted octanol–water partition coefficient (Wildman–Crippen LogP) is 1.07. The number of hydrogen-bond donors (Lipinski definition) is 1. The lowest BCUT2D eigenvalue weighted by molar-refractivity contribution is -0.120. The lowest BCUT2D eigenvalue weighted by Gasteiger charge is -2.17. The third kappa shape index (κ3) is 2.08. The van der Waals surface area contributed by atoms with Crippen molar-refractivity contribution in [2.75, 3.05) is 10.2 Å². The summed E-state index contributed by atoms with van der Waals surface area (Å²) >= 11 is 0. The highest BCUT2D eigenvalue weighted by molar-refractivity contribution is 6.29. The van der Waals surface area contributed by atoms with Crippen molar-refractivity contribution in [3.05, 3.63) is 36.4 Å². The molecule has 0 radical (unpaired) electrons. The molecule has 0 fully saturated rings. The van der Waals surface area contributed by atoms with Gasteiger partial charge in [-0.2, -0.15) is 0 Å². The van der Waals surface area contributed by atoms with E-state index in [0.717, 1.165) is 4.90 Å². The Labute approximate surface area is 97.7 Å². The van der Waals surface area contributed by atoms with Gasteiger partial charge in [-0.15, -0.1) is 0 Å². The fraction of sp³-hybridized carbons (Fsp3) is 0.0833. The Kier molecular flexibility index (Phi) is 2.74. The summed E-state index contributed by atoms with van der Waals surface area (Å²) in [5, 5.41) is 2.58. The number of rotatable bonds is 2. The second-order valence-electron chi connectivity index (χ2n) is 3.54. The van der Waals surface area contributed by atoms with Crippen LogP contribution in [0.4, 0.5) is 11.4 Å². The van der Waals surface area contributed by atoms with Crippen molar-refractivity contribution in [1.29, 1.82) is 0 Å². The van der Waals surface area contributed by atoms with Gasteiger partial charge < -0.3 is 5.32 Å². The molecule has 1 aliphatic rings. The molecule has 0 atom stereocenters. The molecule has 86 valence electrons. The van der Waals surface area contributed by atoms with Crippen LogP contribution in [0, 0.1) is 0 Å². The Morgan fingerprint density at radius 2 is 1.71 bits per heavy atom. The normalized spacial score (nSPS) is 14.3. The summed E-state index contributed by atoms with van der Waals surface area (Å²) in [6.45, 7) is 1.36. The van der Waals surface area contributed by atoms with Gasteiger partial charge >= 0.3 is 0 Å². The SMILES string of the molecule is CC(=O)Nc1ccccc1N1C(=O)C=CC1=O. The average molecular weight is 230 g/mol. The Bertz CT molecular complexity index is 516. The van der Waals surface area contributed by atoms with E-state index in [0.29, 0.717) is 11.4 Å². The van der Waals surface area contributed by atoms with Crippen molar-refractivity contribution in [2.45, 2.75) is 6.92 Å². The Hall–Kier alpha value is -2.43. The monoisotopic (exact) mass is 230 g/mol. The van der Waals surface area contributed by atoms with Crippen LogP contribution in [0.25, 0.3) is 0 Å². The van der Waals surface area contributed by atoms with E-state index in [1.165, 1.54) is 19.1 Å². The number of anilines is 2. The van der Waals surface area contributed by atoms with E-state index in [4.69, 9.17) is 0 Å². The number of para-hydroxylation sites is 2. The van der Waals surface area contributed by atoms with Crippen molar-refractivity contribution in [1.82, 2.24) is 0 Å². The van der Waals surface area contributed by atoms with E-state index in [1.807, 2.05) is 0 Å². The molecule has 0 aliphatic carbocycles. The summed E-state index contributed by atoms with van der Waals surface area (Å²) in [6.07, 6.45) is 2.40. The standard InChI is InChI=1S/C12H10N2O3/c1-8(15)13-9-4-2-3-5-10(9)14-11(16)6-7-12(14)17/h2-7H,1H3,(H,13,15). The van der Waals surface area contributed by atoms with Gasteiger partial charge in [0.1, 0.15) is 0 Å². The van der Waals surface area contributed by atoms with E-state index < -0.39 is 11.8 Å². The van der Waals surface area contributed by atoms with Crippen molar-refractivity contribution >= 4 is 29.1 Å². The predicted molar refractivity (Wildman–Crippen MR) is 62.4 cm³/mol. The summed E-state index contributed by atoms with van der Waals surface area (Å²) in [5.74, 6) is -1.08. The zero-order chi connectivity index (χ0) is 12.4. The fourth-order valence-corrected chi connectivity index (χ4v) is 1.60. The van der Waals surface area contributed by atoms with Gasteiger partial charge in [0, 0.05) is 19.1 Å². The highest BCUT2D eigenvalue weighted by Gasteiger charge is 2.27. The van der Waals surface area contributed by atoms with Crippen molar-refractivity contribution < 1.29 is 14.4 Å². The molecule has 1 aliphatic heterocycles. The largest absolute Gasteiger partial charge is 0.325 e. The maximum Gasteiger partial charge on any atom is 0.258 e. The molecule has 0 spiro atoms. The van der Waals surface area contributed by atoms with Crippen LogP contribution >= 0.6 is 0 Å². The van der Waals surface area contributed by atoms with Gasteiger partial charge in [0.15, 0.2) is 0 Å². The van der Waals surface area contributed by atoms with Crippen LogP contribution in [0.3, 0.4) is 0 Å². The molecular formula is C12H10N2O3. The molecule has 0 bridgehead atoms. The van der Waals surface area contributed by atoms with Gasteiger partial charge in [-0.3, -0.25) is 14.4 Å². The van der Waals surface area contributed by atoms with Crippen molar-refractivity contribution in [3.63, 3.8) is 0 Å². The van der Waals surface area contributed by atoms with Crippen LogP contribution in [0.15, 0.2) is 36.4 Å². The van der Waals surface area contributed by atoms with Crippen LogP contribution in [-0.4, -0.2) is 17.7 Å². The quantitative estimate of drug-likeness (QED) is 0.773. The topological polar surface area (TPSA) is 66.5 Å². The van der Waals surface area contributed by atoms with Crippen LogP contribution in [0.2, 0.25) is 0 Å². The van der Waals surface area contributed by atoms with Crippen LogP contribution in [0.5, 0.6) is 0 Å². The molecule has 5 heteroatoms. The van der Waals surface area contributed by atoms with E-state index in [1.54, 1.807) is 24.3 Å². The second kappa shape index (κ2) is 4.21. The van der Waals surface area contributed by atoms with Gasteiger partial charge in [-0.1, -0.05) is 12.1 Å². The second-order valence-corrected chi connectivity index (χ2v) is 3.54. The third-order valence-electron chi connectivity index (χ3n) is 2.26. The molecule has 2 rings (SSSR count). The van der Waals surface area contributed by atoms with Gasteiger partial charge in [-0.25, -0.2) is 4.90 Å². The average Bonchev–Trinajstić information content (AvgIpc) is 2.59. The molecule has 5 nitrogen and oxygen atoms in total. The van der Waals surface area contributed by atoms with Crippen molar-refractivity contribution in [2.24, 2.45) is 0 Å². The minimum absolute atomic E-state index is 0.260. The van der Waals surface area contributed by atoms with E-state index in [9.17, 15) is 14.4 Å². The van der Waals surface area contributed by atoms with Crippen LogP contribution in [0.1, 0.15) is 6.92 Å². The van der Waals surface area contributed by atoms with E-state index in [2.05, 4.69) is 5.32 Å². The molecular weight excluding hydrogens is 220 g/mol. The number of nitrogens with one attached hydrogen (secondary N) is 1. The number of benzene rings is 1. The maximum atomic E-state index is 11.5. The molecule has 1 aromatic rings. The Morgan fingerprint density at radius 3 is 2.29 bits per heavy atom. The number of imide groups is 1. The Morgan fingerprint density at radius 1 is 1.12 bits per heavy atom. The first-order valence-electron chi connectivity index (χ1n) is 5.02. The lowest BCUT2D eigenvalue weighted by atomic mass is 10.2. The Balaban J connectivity index is 2.41. The summed E-state index contributed by atoms with van der Waals surface area (Å²) in [7, 11) is 0. The number of carbonyl (C=O) groups excluding carboxylic acids is 3. The van der Waals surface area contributed by atoms with E-state index >= 15 is 0 Å². The number of hydrogen-bond acceptors (Lipinski definition) is 3. The summed E-state index contributed by atoms with van der Waals surface area (Å²) in [4.78, 5) is 35.1. The van der Waals surface area contributed by atoms with Crippen molar-refractivity contribution in [3.8, 4) is 0 Å². The molecule has 1 aromatic carbocycles. The number of carbonyl (C=O) groups is 3. The molecule has 0 unspecified atom stereocenters. The first-order valence-corrected chi connectivity index (χ1v) is 5.02. The van der Waals surface area contributed by atoms with Crippen LogP contribution in [-0.2, 0) is 14.4 Å². The number of amides is 3. The van der Waals surface area contributed by atoms with Gasteiger partial charge in [0.25, 0.3) is 11.8 Å². The van der Waals surface area contributed by atoms with Gasteiger partial charge in [0.05, 0.1) is 11.4 Å². The first-order chi connectivity index (χ1) is 8.09. The highest BCUT2D eigenvalue weighted by atomic mass is 16.2. The summed E-state index contributed by atoms with van der Waals surface area (Å²) in [6, 6.07) is 6.65. The zero-order valence-electron chi connectivity index (χ0n) is 9.14. The first kappa shape index (κ1) is 11.1. The zero-order valence-corrected chi connectivity index (χ0v) is 9.14. The molecule has 0 aromatic heterocycles. The fourth-order valence-electron chi connectivity index (χ4n) is 1.60. The van der Waals surface area contributed by atoms with Gasteiger partial charge in [-0.05, 0) is 12.1 Å².